The SMILES string of the molecule is Cc1cc(C)c(S(=O)(=O)Nc2cc(F)ccc2C)c(C)c1. The van der Waals surface area contributed by atoms with Gasteiger partial charge in [-0.2, -0.15) is 0 Å². The fraction of sp³-hybridized carbons (Fsp3) is 0.250. The first-order chi connectivity index (χ1) is 9.70. The third-order valence-corrected chi connectivity index (χ3v) is 4.99. The molecule has 0 aliphatic rings. The molecule has 0 aliphatic heterocycles. The Hall–Kier alpha value is -1.88. The Morgan fingerprint density at radius 2 is 1.48 bits per heavy atom. The van der Waals surface area contributed by atoms with Crippen LogP contribution in [0.3, 0.4) is 0 Å². The molecule has 3 nitrogen and oxygen atoms in total. The van der Waals surface area contributed by atoms with Gasteiger partial charge in [0, 0.05) is 0 Å². The summed E-state index contributed by atoms with van der Waals surface area (Å²) in [5, 5.41) is 0. The van der Waals surface area contributed by atoms with Gasteiger partial charge < -0.3 is 0 Å². The molecule has 0 saturated carbocycles. The summed E-state index contributed by atoms with van der Waals surface area (Å²) in [6.45, 7) is 7.16. The molecule has 0 saturated heterocycles. The molecule has 0 fully saturated rings. The van der Waals surface area contributed by atoms with E-state index in [1.54, 1.807) is 26.8 Å². The van der Waals surface area contributed by atoms with Crippen molar-refractivity contribution in [3.8, 4) is 0 Å². The number of hydrogen-bond acceptors (Lipinski definition) is 2. The van der Waals surface area contributed by atoms with Crippen molar-refractivity contribution in [3.05, 3.63) is 58.4 Å². The van der Waals surface area contributed by atoms with Gasteiger partial charge in [-0.1, -0.05) is 23.8 Å². The van der Waals surface area contributed by atoms with Crippen LogP contribution in [0.5, 0.6) is 0 Å². The van der Waals surface area contributed by atoms with Gasteiger partial charge in [0.15, 0.2) is 0 Å². The molecule has 0 bridgehead atoms. The maximum atomic E-state index is 13.3. The van der Waals surface area contributed by atoms with Crippen molar-refractivity contribution in [2.45, 2.75) is 32.6 Å². The van der Waals surface area contributed by atoms with Crippen molar-refractivity contribution in [2.75, 3.05) is 4.72 Å². The number of sulfonamides is 1. The quantitative estimate of drug-likeness (QED) is 0.936. The maximum absolute atomic E-state index is 13.3. The van der Waals surface area contributed by atoms with Crippen LogP contribution >= 0.6 is 0 Å². The van der Waals surface area contributed by atoms with E-state index in [1.807, 2.05) is 19.1 Å². The van der Waals surface area contributed by atoms with Crippen LogP contribution in [0.2, 0.25) is 0 Å². The van der Waals surface area contributed by atoms with E-state index in [9.17, 15) is 12.8 Å². The van der Waals surface area contributed by atoms with E-state index in [0.29, 0.717) is 16.7 Å². The molecule has 0 heterocycles. The number of hydrogen-bond donors (Lipinski definition) is 1. The third-order valence-electron chi connectivity index (χ3n) is 3.32. The van der Waals surface area contributed by atoms with Crippen molar-refractivity contribution < 1.29 is 12.8 Å². The number of benzene rings is 2. The van der Waals surface area contributed by atoms with Crippen LogP contribution in [0.25, 0.3) is 0 Å². The van der Waals surface area contributed by atoms with E-state index in [4.69, 9.17) is 0 Å². The minimum absolute atomic E-state index is 0.247. The maximum Gasteiger partial charge on any atom is 0.262 e. The van der Waals surface area contributed by atoms with Crippen molar-refractivity contribution >= 4 is 15.7 Å². The van der Waals surface area contributed by atoms with Gasteiger partial charge in [-0.3, -0.25) is 4.72 Å². The Kier molecular flexibility index (Phi) is 4.05. The molecule has 2 rings (SSSR count). The summed E-state index contributed by atoms with van der Waals surface area (Å²) in [5.41, 5.74) is 3.28. The second kappa shape index (κ2) is 5.48. The Labute approximate surface area is 124 Å². The lowest BCUT2D eigenvalue weighted by Crippen LogP contribution is -2.16. The summed E-state index contributed by atoms with van der Waals surface area (Å²) in [7, 11) is -3.75. The minimum Gasteiger partial charge on any atom is -0.279 e. The fourth-order valence-electron chi connectivity index (χ4n) is 2.49. The fourth-order valence-corrected chi connectivity index (χ4v) is 4.07. The molecule has 0 spiro atoms. The second-order valence-corrected chi connectivity index (χ2v) is 6.91. The monoisotopic (exact) mass is 307 g/mol. The lowest BCUT2D eigenvalue weighted by Gasteiger charge is -2.15. The van der Waals surface area contributed by atoms with Crippen LogP contribution in [0.1, 0.15) is 22.3 Å². The highest BCUT2D eigenvalue weighted by molar-refractivity contribution is 7.92. The molecule has 0 aliphatic carbocycles. The van der Waals surface area contributed by atoms with E-state index >= 15 is 0 Å². The molecule has 21 heavy (non-hydrogen) atoms. The molecule has 2 aromatic carbocycles. The standard InChI is InChI=1S/C16H18FNO2S/c1-10-7-12(3)16(13(4)8-10)21(19,20)18-15-9-14(17)6-5-11(15)2/h5-9,18H,1-4H3. The predicted molar refractivity (Wildman–Crippen MR) is 82.6 cm³/mol. The topological polar surface area (TPSA) is 46.2 Å². The highest BCUT2D eigenvalue weighted by Gasteiger charge is 2.20. The highest BCUT2D eigenvalue weighted by Crippen LogP contribution is 2.26. The number of halogens is 1. The van der Waals surface area contributed by atoms with E-state index in [2.05, 4.69) is 4.72 Å². The Morgan fingerprint density at radius 1 is 0.905 bits per heavy atom. The first kappa shape index (κ1) is 15.5. The summed E-state index contributed by atoms with van der Waals surface area (Å²) < 4.78 is 40.9. The van der Waals surface area contributed by atoms with E-state index in [1.165, 1.54) is 12.1 Å². The first-order valence-electron chi connectivity index (χ1n) is 6.57. The van der Waals surface area contributed by atoms with Crippen LogP contribution in [-0.2, 0) is 10.0 Å². The van der Waals surface area contributed by atoms with Crippen LogP contribution in [-0.4, -0.2) is 8.42 Å². The molecule has 0 radical (unpaired) electrons. The molecule has 1 N–H and O–H groups in total. The van der Waals surface area contributed by atoms with Crippen molar-refractivity contribution in [3.63, 3.8) is 0 Å². The number of aryl methyl sites for hydroxylation is 4. The van der Waals surface area contributed by atoms with Crippen LogP contribution < -0.4 is 4.72 Å². The van der Waals surface area contributed by atoms with Gasteiger partial charge in [0.05, 0.1) is 10.6 Å². The highest BCUT2D eigenvalue weighted by atomic mass is 32.2. The zero-order valence-electron chi connectivity index (χ0n) is 12.5. The summed E-state index contributed by atoms with van der Waals surface area (Å²) >= 11 is 0. The largest absolute Gasteiger partial charge is 0.279 e. The van der Waals surface area contributed by atoms with Gasteiger partial charge in [-0.15, -0.1) is 0 Å². The van der Waals surface area contributed by atoms with Crippen LogP contribution in [0.4, 0.5) is 10.1 Å². The molecule has 0 unspecified atom stereocenters. The van der Waals surface area contributed by atoms with Gasteiger partial charge in [0.1, 0.15) is 5.82 Å². The lowest BCUT2D eigenvalue weighted by atomic mass is 10.1. The Morgan fingerprint density at radius 3 is 2.05 bits per heavy atom. The lowest BCUT2D eigenvalue weighted by molar-refractivity contribution is 0.599. The van der Waals surface area contributed by atoms with Crippen molar-refractivity contribution in [2.24, 2.45) is 0 Å². The smallest absolute Gasteiger partial charge is 0.262 e. The van der Waals surface area contributed by atoms with Gasteiger partial charge in [0.25, 0.3) is 10.0 Å². The second-order valence-electron chi connectivity index (χ2n) is 5.29. The van der Waals surface area contributed by atoms with Gasteiger partial charge in [-0.25, -0.2) is 12.8 Å². The van der Waals surface area contributed by atoms with Crippen LogP contribution in [0, 0.1) is 33.5 Å². The zero-order chi connectivity index (χ0) is 15.8. The molecular formula is C16H18FNO2S. The number of anilines is 1. The minimum atomic E-state index is -3.75. The van der Waals surface area contributed by atoms with Gasteiger partial charge in [0.2, 0.25) is 0 Å². The molecule has 0 amide bonds. The van der Waals surface area contributed by atoms with E-state index < -0.39 is 15.8 Å². The predicted octanol–water partition coefficient (Wildman–Crippen LogP) is 3.86. The molecule has 0 aromatic heterocycles. The van der Waals surface area contributed by atoms with E-state index in [-0.39, 0.29) is 10.6 Å². The number of nitrogens with one attached hydrogen (secondary N) is 1. The average Bonchev–Trinajstić information content (AvgIpc) is 2.31. The molecule has 112 valence electrons. The molecule has 5 heteroatoms. The normalized spacial score (nSPS) is 11.5. The van der Waals surface area contributed by atoms with Gasteiger partial charge >= 0.3 is 0 Å². The molecular weight excluding hydrogens is 289 g/mol. The van der Waals surface area contributed by atoms with Crippen molar-refractivity contribution in [1.29, 1.82) is 0 Å². The molecule has 0 atom stereocenters. The third kappa shape index (κ3) is 3.24. The Balaban J connectivity index is 2.51. The zero-order valence-corrected chi connectivity index (χ0v) is 13.3. The van der Waals surface area contributed by atoms with E-state index in [0.717, 1.165) is 5.56 Å². The van der Waals surface area contributed by atoms with Crippen molar-refractivity contribution in [1.82, 2.24) is 0 Å². The average molecular weight is 307 g/mol. The summed E-state index contributed by atoms with van der Waals surface area (Å²) in [6, 6.07) is 7.67. The summed E-state index contributed by atoms with van der Waals surface area (Å²) in [4.78, 5) is 0.247. The Bertz CT molecular complexity index is 775. The van der Waals surface area contributed by atoms with Crippen LogP contribution in [0.15, 0.2) is 35.2 Å². The summed E-state index contributed by atoms with van der Waals surface area (Å²) in [6.07, 6.45) is 0. The van der Waals surface area contributed by atoms with Gasteiger partial charge in [-0.05, 0) is 56.5 Å². The number of rotatable bonds is 3. The molecule has 2 aromatic rings. The summed E-state index contributed by atoms with van der Waals surface area (Å²) in [5.74, 6) is -0.476. The first-order valence-corrected chi connectivity index (χ1v) is 8.06.